The van der Waals surface area contributed by atoms with Crippen molar-refractivity contribution in [2.24, 2.45) is 5.92 Å². The number of fused-ring (bicyclic) bond motifs is 1. The van der Waals surface area contributed by atoms with Crippen LogP contribution in [0.1, 0.15) is 46.5 Å². The summed E-state index contributed by atoms with van der Waals surface area (Å²) in [6.45, 7) is 8.21. The second-order valence-electron chi connectivity index (χ2n) is 6.89. The van der Waals surface area contributed by atoms with Crippen molar-refractivity contribution >= 4 is 11.8 Å². The van der Waals surface area contributed by atoms with Gasteiger partial charge in [0.05, 0.1) is 0 Å². The van der Waals surface area contributed by atoms with Gasteiger partial charge in [0.1, 0.15) is 12.1 Å². The standard InChI is InChI=1S/C16H27N3O2/c1-4-10(2)14-16(21)19(11(3)15(20)17-14)13-7-9-18-8-5-6-12(13)18/h10-14H,4-9H2,1-3H3,(H,17,20). The fraction of sp³-hybridized carbons (Fsp3) is 0.875. The monoisotopic (exact) mass is 293 g/mol. The molecule has 3 saturated heterocycles. The van der Waals surface area contributed by atoms with E-state index in [-0.39, 0.29) is 35.9 Å². The van der Waals surface area contributed by atoms with Crippen LogP contribution in [0, 0.1) is 5.92 Å². The normalized spacial score (nSPS) is 38.5. The van der Waals surface area contributed by atoms with E-state index < -0.39 is 0 Å². The van der Waals surface area contributed by atoms with E-state index in [1.807, 2.05) is 18.7 Å². The van der Waals surface area contributed by atoms with Crippen LogP contribution in [-0.2, 0) is 9.59 Å². The molecule has 0 saturated carbocycles. The number of carbonyl (C=O) groups excluding carboxylic acids is 2. The molecule has 0 spiro atoms. The van der Waals surface area contributed by atoms with Crippen LogP contribution in [0.15, 0.2) is 0 Å². The molecule has 0 aromatic carbocycles. The third kappa shape index (κ3) is 2.35. The minimum atomic E-state index is -0.339. The van der Waals surface area contributed by atoms with Gasteiger partial charge in [0.25, 0.3) is 0 Å². The van der Waals surface area contributed by atoms with Crippen LogP contribution >= 0.6 is 0 Å². The SMILES string of the molecule is CCC(C)C1NC(=O)C(C)N(C2CCN3CCCC23)C1=O. The summed E-state index contributed by atoms with van der Waals surface area (Å²) in [5.74, 6) is 0.337. The van der Waals surface area contributed by atoms with Crippen LogP contribution in [0.2, 0.25) is 0 Å². The predicted octanol–water partition coefficient (Wildman–Crippen LogP) is 0.985. The molecule has 0 bridgehead atoms. The first kappa shape index (κ1) is 14.8. The minimum Gasteiger partial charge on any atom is -0.342 e. The second-order valence-corrected chi connectivity index (χ2v) is 6.89. The lowest BCUT2D eigenvalue weighted by atomic mass is 9.92. The van der Waals surface area contributed by atoms with Crippen molar-refractivity contribution in [3.05, 3.63) is 0 Å². The summed E-state index contributed by atoms with van der Waals surface area (Å²) in [5, 5.41) is 2.94. The molecule has 1 N–H and O–H groups in total. The Kier molecular flexibility index (Phi) is 3.95. The summed E-state index contributed by atoms with van der Waals surface area (Å²) in [6, 6.07) is 0.0324. The van der Waals surface area contributed by atoms with Crippen molar-refractivity contribution in [2.75, 3.05) is 13.1 Å². The molecule has 5 unspecified atom stereocenters. The summed E-state index contributed by atoms with van der Waals surface area (Å²) in [4.78, 5) is 29.7. The summed E-state index contributed by atoms with van der Waals surface area (Å²) in [6.07, 6.45) is 4.30. The number of hydrogen-bond acceptors (Lipinski definition) is 3. The van der Waals surface area contributed by atoms with Crippen LogP contribution < -0.4 is 5.32 Å². The van der Waals surface area contributed by atoms with Crippen LogP contribution in [0.3, 0.4) is 0 Å². The number of nitrogens with one attached hydrogen (secondary N) is 1. The Balaban J connectivity index is 1.84. The van der Waals surface area contributed by atoms with E-state index in [1.165, 1.54) is 6.42 Å². The van der Waals surface area contributed by atoms with Gasteiger partial charge in [-0.05, 0) is 38.6 Å². The quantitative estimate of drug-likeness (QED) is 0.844. The van der Waals surface area contributed by atoms with Gasteiger partial charge in [0.15, 0.2) is 0 Å². The summed E-state index contributed by atoms with van der Waals surface area (Å²) in [7, 11) is 0. The molecule has 21 heavy (non-hydrogen) atoms. The second kappa shape index (κ2) is 5.59. The van der Waals surface area contributed by atoms with Crippen LogP contribution in [0.5, 0.6) is 0 Å². The maximum Gasteiger partial charge on any atom is 0.246 e. The third-order valence-corrected chi connectivity index (χ3v) is 5.76. The first-order valence-corrected chi connectivity index (χ1v) is 8.41. The number of hydrogen-bond donors (Lipinski definition) is 1. The fourth-order valence-electron chi connectivity index (χ4n) is 4.27. The fourth-order valence-corrected chi connectivity index (χ4v) is 4.27. The zero-order valence-corrected chi connectivity index (χ0v) is 13.3. The number of nitrogens with zero attached hydrogens (tertiary/aromatic N) is 2. The topological polar surface area (TPSA) is 52.7 Å². The molecule has 0 aromatic rings. The van der Waals surface area contributed by atoms with Gasteiger partial charge >= 0.3 is 0 Å². The zero-order chi connectivity index (χ0) is 15.1. The van der Waals surface area contributed by atoms with E-state index in [9.17, 15) is 9.59 Å². The highest BCUT2D eigenvalue weighted by Gasteiger charge is 2.49. The average Bonchev–Trinajstić information content (AvgIpc) is 3.06. The molecule has 118 valence electrons. The number of amides is 2. The Bertz CT molecular complexity index is 439. The molecule has 0 radical (unpaired) electrons. The molecule has 5 heteroatoms. The van der Waals surface area contributed by atoms with Crippen molar-refractivity contribution in [3.8, 4) is 0 Å². The smallest absolute Gasteiger partial charge is 0.246 e. The number of piperazine rings is 1. The van der Waals surface area contributed by atoms with Gasteiger partial charge in [-0.2, -0.15) is 0 Å². The average molecular weight is 293 g/mol. The highest BCUT2D eigenvalue weighted by Crippen LogP contribution is 2.34. The zero-order valence-electron chi connectivity index (χ0n) is 13.3. The highest BCUT2D eigenvalue weighted by molar-refractivity contribution is 5.97. The van der Waals surface area contributed by atoms with Gasteiger partial charge < -0.3 is 10.2 Å². The Hall–Kier alpha value is -1.10. The highest BCUT2D eigenvalue weighted by atomic mass is 16.2. The minimum absolute atomic E-state index is 0.0105. The van der Waals surface area contributed by atoms with Gasteiger partial charge in [-0.15, -0.1) is 0 Å². The number of carbonyl (C=O) groups is 2. The van der Waals surface area contributed by atoms with Crippen molar-refractivity contribution in [3.63, 3.8) is 0 Å². The van der Waals surface area contributed by atoms with Gasteiger partial charge in [0, 0.05) is 18.6 Å². The van der Waals surface area contributed by atoms with Crippen LogP contribution in [-0.4, -0.2) is 58.9 Å². The van der Waals surface area contributed by atoms with E-state index in [0.717, 1.165) is 32.4 Å². The Labute approximate surface area is 127 Å². The lowest BCUT2D eigenvalue weighted by Gasteiger charge is -2.44. The van der Waals surface area contributed by atoms with Gasteiger partial charge in [-0.3, -0.25) is 14.5 Å². The summed E-state index contributed by atoms with van der Waals surface area (Å²) in [5.41, 5.74) is 0. The van der Waals surface area contributed by atoms with E-state index in [4.69, 9.17) is 0 Å². The van der Waals surface area contributed by atoms with Gasteiger partial charge in [-0.25, -0.2) is 0 Å². The molecule has 3 aliphatic rings. The largest absolute Gasteiger partial charge is 0.342 e. The Morgan fingerprint density at radius 2 is 2.00 bits per heavy atom. The lowest BCUT2D eigenvalue weighted by molar-refractivity contribution is -0.153. The first-order valence-electron chi connectivity index (χ1n) is 8.41. The van der Waals surface area contributed by atoms with E-state index in [0.29, 0.717) is 6.04 Å². The van der Waals surface area contributed by atoms with E-state index >= 15 is 0 Å². The maximum absolute atomic E-state index is 13.0. The molecular weight excluding hydrogens is 266 g/mol. The third-order valence-electron chi connectivity index (χ3n) is 5.76. The molecule has 3 rings (SSSR count). The molecule has 5 atom stereocenters. The van der Waals surface area contributed by atoms with Crippen molar-refractivity contribution in [2.45, 2.75) is 70.6 Å². The Morgan fingerprint density at radius 1 is 1.24 bits per heavy atom. The Morgan fingerprint density at radius 3 is 2.71 bits per heavy atom. The molecule has 2 amide bonds. The number of rotatable bonds is 3. The summed E-state index contributed by atoms with van der Waals surface area (Å²) < 4.78 is 0. The van der Waals surface area contributed by atoms with E-state index in [1.54, 1.807) is 0 Å². The van der Waals surface area contributed by atoms with Crippen LogP contribution in [0.25, 0.3) is 0 Å². The molecular formula is C16H27N3O2. The van der Waals surface area contributed by atoms with Gasteiger partial charge in [-0.1, -0.05) is 20.3 Å². The molecule has 5 nitrogen and oxygen atoms in total. The lowest BCUT2D eigenvalue weighted by Crippen LogP contribution is -2.67. The maximum atomic E-state index is 13.0. The van der Waals surface area contributed by atoms with Crippen molar-refractivity contribution in [1.29, 1.82) is 0 Å². The molecule has 3 aliphatic heterocycles. The molecule has 3 fully saturated rings. The van der Waals surface area contributed by atoms with Crippen molar-refractivity contribution in [1.82, 2.24) is 15.1 Å². The first-order chi connectivity index (χ1) is 10.0. The summed E-state index contributed by atoms with van der Waals surface area (Å²) >= 11 is 0. The molecule has 0 aliphatic carbocycles. The van der Waals surface area contributed by atoms with E-state index in [2.05, 4.69) is 17.1 Å². The predicted molar refractivity (Wildman–Crippen MR) is 80.7 cm³/mol. The van der Waals surface area contributed by atoms with Gasteiger partial charge in [0.2, 0.25) is 11.8 Å². The van der Waals surface area contributed by atoms with Crippen LogP contribution in [0.4, 0.5) is 0 Å². The molecule has 3 heterocycles. The molecule has 0 aromatic heterocycles. The van der Waals surface area contributed by atoms with Crippen molar-refractivity contribution < 1.29 is 9.59 Å².